The zero-order chi connectivity index (χ0) is 11.9. The molecule has 2 rings (SSSR count). The van der Waals surface area contributed by atoms with Gasteiger partial charge in [-0.25, -0.2) is 0 Å². The molecule has 0 amide bonds. The lowest BCUT2D eigenvalue weighted by Crippen LogP contribution is -2.25. The number of nitrogens with two attached hydrogens (primary N) is 1. The van der Waals surface area contributed by atoms with Gasteiger partial charge in [0.2, 0.25) is 0 Å². The molecule has 0 spiro atoms. The standard InChI is InChI=1S/C15H22N2/c16-15(11-13-7-6-10-17-12-13)14-8-4-2-1-3-5-9-14/h6-8,10,12,15H,1-5,9,11,16H2/b14-8+. The molecule has 1 aliphatic carbocycles. The first-order valence-corrected chi connectivity index (χ1v) is 6.69. The molecule has 0 bridgehead atoms. The van der Waals surface area contributed by atoms with Crippen molar-refractivity contribution in [1.29, 1.82) is 0 Å². The molecule has 0 aromatic carbocycles. The third kappa shape index (κ3) is 3.97. The summed E-state index contributed by atoms with van der Waals surface area (Å²) in [7, 11) is 0. The summed E-state index contributed by atoms with van der Waals surface area (Å²) in [6, 6.07) is 4.27. The van der Waals surface area contributed by atoms with Crippen LogP contribution >= 0.6 is 0 Å². The van der Waals surface area contributed by atoms with Gasteiger partial charge in [0.05, 0.1) is 0 Å². The first-order valence-electron chi connectivity index (χ1n) is 6.69. The molecular formula is C15H22N2. The highest BCUT2D eigenvalue weighted by Gasteiger charge is 2.11. The van der Waals surface area contributed by atoms with Gasteiger partial charge in [-0.15, -0.1) is 0 Å². The predicted molar refractivity (Wildman–Crippen MR) is 71.7 cm³/mol. The highest BCUT2D eigenvalue weighted by Crippen LogP contribution is 2.20. The van der Waals surface area contributed by atoms with E-state index in [0.717, 1.165) is 6.42 Å². The maximum absolute atomic E-state index is 6.30. The van der Waals surface area contributed by atoms with E-state index >= 15 is 0 Å². The van der Waals surface area contributed by atoms with Gasteiger partial charge < -0.3 is 5.73 Å². The maximum atomic E-state index is 6.30. The van der Waals surface area contributed by atoms with E-state index < -0.39 is 0 Å². The minimum absolute atomic E-state index is 0.178. The summed E-state index contributed by atoms with van der Waals surface area (Å²) in [4.78, 5) is 4.14. The quantitative estimate of drug-likeness (QED) is 0.810. The smallest absolute Gasteiger partial charge is 0.0300 e. The monoisotopic (exact) mass is 230 g/mol. The number of pyridine rings is 1. The summed E-state index contributed by atoms with van der Waals surface area (Å²) < 4.78 is 0. The summed E-state index contributed by atoms with van der Waals surface area (Å²) in [6.45, 7) is 0. The Morgan fingerprint density at radius 3 is 2.94 bits per heavy atom. The van der Waals surface area contributed by atoms with Gasteiger partial charge in [-0.2, -0.15) is 0 Å². The summed E-state index contributed by atoms with van der Waals surface area (Å²) in [5.41, 5.74) is 9.00. The van der Waals surface area contributed by atoms with E-state index in [0.29, 0.717) is 0 Å². The third-order valence-electron chi connectivity index (χ3n) is 3.48. The Hall–Kier alpha value is -1.15. The fraction of sp³-hybridized carbons (Fsp3) is 0.533. The lowest BCUT2D eigenvalue weighted by Gasteiger charge is -2.18. The lowest BCUT2D eigenvalue weighted by molar-refractivity contribution is 0.594. The molecule has 0 radical (unpaired) electrons. The molecule has 0 fully saturated rings. The number of nitrogens with zero attached hydrogens (tertiary/aromatic N) is 1. The van der Waals surface area contributed by atoms with E-state index in [2.05, 4.69) is 17.1 Å². The van der Waals surface area contributed by atoms with Crippen LogP contribution in [0.3, 0.4) is 0 Å². The molecule has 1 aromatic rings. The van der Waals surface area contributed by atoms with Crippen molar-refractivity contribution in [1.82, 2.24) is 4.98 Å². The predicted octanol–water partition coefficient (Wildman–Crippen LogP) is 3.23. The summed E-state index contributed by atoms with van der Waals surface area (Å²) in [6.07, 6.45) is 14.8. The van der Waals surface area contributed by atoms with Crippen LogP contribution in [0.15, 0.2) is 36.2 Å². The molecule has 1 unspecified atom stereocenters. The minimum Gasteiger partial charge on any atom is -0.324 e. The molecule has 1 aromatic heterocycles. The summed E-state index contributed by atoms with van der Waals surface area (Å²) in [5.74, 6) is 0. The second kappa shape index (κ2) is 6.55. The molecule has 0 saturated heterocycles. The van der Waals surface area contributed by atoms with Crippen LogP contribution in [0, 0.1) is 0 Å². The van der Waals surface area contributed by atoms with Crippen molar-refractivity contribution in [2.75, 3.05) is 0 Å². The molecule has 92 valence electrons. The van der Waals surface area contributed by atoms with Crippen LogP contribution in [0.5, 0.6) is 0 Å². The second-order valence-corrected chi connectivity index (χ2v) is 4.90. The van der Waals surface area contributed by atoms with E-state index in [1.54, 1.807) is 0 Å². The molecule has 17 heavy (non-hydrogen) atoms. The van der Waals surface area contributed by atoms with Crippen molar-refractivity contribution in [3.63, 3.8) is 0 Å². The summed E-state index contributed by atoms with van der Waals surface area (Å²) in [5, 5.41) is 0. The van der Waals surface area contributed by atoms with Crippen molar-refractivity contribution >= 4 is 0 Å². The Morgan fingerprint density at radius 1 is 1.24 bits per heavy atom. The van der Waals surface area contributed by atoms with E-state index in [1.165, 1.54) is 49.7 Å². The topological polar surface area (TPSA) is 38.9 Å². The molecule has 1 atom stereocenters. The maximum Gasteiger partial charge on any atom is 0.0300 e. The molecule has 2 N–H and O–H groups in total. The molecular weight excluding hydrogens is 208 g/mol. The number of hydrogen-bond donors (Lipinski definition) is 1. The Bertz CT molecular complexity index is 356. The van der Waals surface area contributed by atoms with Crippen LogP contribution < -0.4 is 5.73 Å². The van der Waals surface area contributed by atoms with Gasteiger partial charge in [0, 0.05) is 18.4 Å². The molecule has 2 nitrogen and oxygen atoms in total. The van der Waals surface area contributed by atoms with Crippen LogP contribution in [0.2, 0.25) is 0 Å². The van der Waals surface area contributed by atoms with Crippen LogP contribution in [-0.2, 0) is 6.42 Å². The van der Waals surface area contributed by atoms with E-state index in [-0.39, 0.29) is 6.04 Å². The van der Waals surface area contributed by atoms with E-state index in [4.69, 9.17) is 5.73 Å². The minimum atomic E-state index is 0.178. The second-order valence-electron chi connectivity index (χ2n) is 4.90. The van der Waals surface area contributed by atoms with Gasteiger partial charge in [0.1, 0.15) is 0 Å². The van der Waals surface area contributed by atoms with E-state index in [1.807, 2.05) is 18.5 Å². The zero-order valence-corrected chi connectivity index (χ0v) is 10.4. The molecule has 1 aliphatic rings. The van der Waals surface area contributed by atoms with Crippen molar-refractivity contribution in [2.24, 2.45) is 5.73 Å². The molecule has 2 heteroatoms. The van der Waals surface area contributed by atoms with Crippen LogP contribution in [0.25, 0.3) is 0 Å². The fourth-order valence-corrected chi connectivity index (χ4v) is 2.46. The van der Waals surface area contributed by atoms with Gasteiger partial charge in [-0.1, -0.05) is 30.6 Å². The van der Waals surface area contributed by atoms with Crippen molar-refractivity contribution < 1.29 is 0 Å². The summed E-state index contributed by atoms with van der Waals surface area (Å²) >= 11 is 0. The molecule has 0 saturated carbocycles. The number of hydrogen-bond acceptors (Lipinski definition) is 2. The SMILES string of the molecule is NC(Cc1cccnc1)/C1=C/CCCCCC1. The number of rotatable bonds is 3. The van der Waals surface area contributed by atoms with Crippen LogP contribution in [-0.4, -0.2) is 11.0 Å². The van der Waals surface area contributed by atoms with Crippen molar-refractivity contribution in [2.45, 2.75) is 51.0 Å². The van der Waals surface area contributed by atoms with Gasteiger partial charge in [0.15, 0.2) is 0 Å². The fourth-order valence-electron chi connectivity index (χ4n) is 2.46. The van der Waals surface area contributed by atoms with Crippen molar-refractivity contribution in [3.8, 4) is 0 Å². The van der Waals surface area contributed by atoms with Crippen molar-refractivity contribution in [3.05, 3.63) is 41.7 Å². The third-order valence-corrected chi connectivity index (χ3v) is 3.48. The molecule has 0 aliphatic heterocycles. The lowest BCUT2D eigenvalue weighted by atomic mass is 9.92. The van der Waals surface area contributed by atoms with E-state index in [9.17, 15) is 0 Å². The highest BCUT2D eigenvalue weighted by atomic mass is 14.6. The Labute approximate surface area is 104 Å². The largest absolute Gasteiger partial charge is 0.324 e. The van der Waals surface area contributed by atoms with Gasteiger partial charge in [0.25, 0.3) is 0 Å². The van der Waals surface area contributed by atoms with Gasteiger partial charge in [-0.3, -0.25) is 4.98 Å². The van der Waals surface area contributed by atoms with Crippen LogP contribution in [0.1, 0.15) is 44.1 Å². The highest BCUT2D eigenvalue weighted by molar-refractivity contribution is 5.18. The van der Waals surface area contributed by atoms with Gasteiger partial charge in [-0.05, 0) is 43.7 Å². The normalized spacial score (nSPS) is 22.1. The molecule has 1 heterocycles. The number of allylic oxidation sites excluding steroid dienone is 1. The number of aromatic nitrogens is 1. The first kappa shape index (κ1) is 12.3. The average molecular weight is 230 g/mol. The Morgan fingerprint density at radius 2 is 2.12 bits per heavy atom. The average Bonchev–Trinajstić information content (AvgIpc) is 2.29. The zero-order valence-electron chi connectivity index (χ0n) is 10.4. The van der Waals surface area contributed by atoms with Crippen LogP contribution in [0.4, 0.5) is 0 Å². The van der Waals surface area contributed by atoms with Gasteiger partial charge >= 0.3 is 0 Å². The Balaban J connectivity index is 1.96. The Kier molecular flexibility index (Phi) is 4.75. The first-order chi connectivity index (χ1) is 8.36.